The largest absolute Gasteiger partial charge is 0.508 e. The Balaban J connectivity index is 0.00000122. The van der Waals surface area contributed by atoms with Crippen LogP contribution in [-0.4, -0.2) is 22.8 Å². The van der Waals surface area contributed by atoms with Gasteiger partial charge in [-0.15, -0.1) is 0 Å². The van der Waals surface area contributed by atoms with Crippen LogP contribution < -0.4 is 0 Å². The van der Waals surface area contributed by atoms with Gasteiger partial charge in [0.25, 0.3) is 0 Å². The zero-order valence-electron chi connectivity index (χ0n) is 20.0. The second kappa shape index (κ2) is 19.3. The maximum atomic E-state index is 10.2. The van der Waals surface area contributed by atoms with Crippen molar-refractivity contribution in [3.05, 3.63) is 23.3 Å². The van der Waals surface area contributed by atoms with Gasteiger partial charge in [-0.1, -0.05) is 78.1 Å². The van der Waals surface area contributed by atoms with Gasteiger partial charge >= 0.3 is 5.97 Å². The van der Waals surface area contributed by atoms with Crippen molar-refractivity contribution in [1.82, 2.24) is 0 Å². The molecule has 0 unspecified atom stereocenters. The lowest BCUT2D eigenvalue weighted by molar-refractivity contribution is -0.140. The number of aryl methyl sites for hydroxylation is 2. The highest BCUT2D eigenvalue weighted by molar-refractivity contribution is 5.65. The molecule has 0 aliphatic rings. The van der Waals surface area contributed by atoms with Gasteiger partial charge in [-0.2, -0.15) is 0 Å². The van der Waals surface area contributed by atoms with Crippen LogP contribution in [-0.2, 0) is 22.4 Å². The molecule has 0 aliphatic heterocycles. The maximum absolute atomic E-state index is 10.2. The van der Waals surface area contributed by atoms with Gasteiger partial charge in [0, 0.05) is 6.92 Å². The standard InChI is InChI=1S/C22H38O2.C4H8O2/c1-3-5-7-9-11-13-15-19-17-22(24)20(18-21(19)23)16-14-12-10-8-6-4-2;1-3-6-4(2)5/h17-18,23-24H,3-16H2,1-2H3;3H2,1-2H3. The van der Waals surface area contributed by atoms with E-state index in [0.717, 1.165) is 36.8 Å². The van der Waals surface area contributed by atoms with Gasteiger partial charge in [0.1, 0.15) is 11.5 Å². The molecule has 2 N–H and O–H groups in total. The molecule has 0 radical (unpaired) electrons. The molecule has 0 amide bonds. The van der Waals surface area contributed by atoms with Gasteiger partial charge in [0.2, 0.25) is 0 Å². The molecule has 0 saturated heterocycles. The molecule has 0 saturated carbocycles. The molecule has 174 valence electrons. The first-order valence-electron chi connectivity index (χ1n) is 12.1. The second-order valence-corrected chi connectivity index (χ2v) is 8.07. The summed E-state index contributed by atoms with van der Waals surface area (Å²) in [5.41, 5.74) is 1.80. The summed E-state index contributed by atoms with van der Waals surface area (Å²) in [6.07, 6.45) is 16.7. The van der Waals surface area contributed by atoms with Crippen LogP contribution in [0.3, 0.4) is 0 Å². The molecule has 1 rings (SSSR count). The van der Waals surface area contributed by atoms with E-state index in [2.05, 4.69) is 18.6 Å². The Bertz CT molecular complexity index is 512. The molecule has 1 aromatic rings. The number of aromatic hydroxyl groups is 2. The molecule has 1 aromatic carbocycles. The number of rotatable bonds is 15. The predicted molar refractivity (Wildman–Crippen MR) is 126 cm³/mol. The lowest BCUT2D eigenvalue weighted by atomic mass is 9.99. The molecule has 0 aromatic heterocycles. The second-order valence-electron chi connectivity index (χ2n) is 8.07. The monoisotopic (exact) mass is 422 g/mol. The highest BCUT2D eigenvalue weighted by atomic mass is 16.5. The van der Waals surface area contributed by atoms with Crippen LogP contribution in [0, 0.1) is 0 Å². The van der Waals surface area contributed by atoms with Crippen molar-refractivity contribution < 1.29 is 19.7 Å². The van der Waals surface area contributed by atoms with Crippen LogP contribution in [0.4, 0.5) is 0 Å². The van der Waals surface area contributed by atoms with Crippen LogP contribution >= 0.6 is 0 Å². The molecule has 0 heterocycles. The van der Waals surface area contributed by atoms with Crippen molar-refractivity contribution in [3.63, 3.8) is 0 Å². The molecular formula is C26H46O4. The van der Waals surface area contributed by atoms with E-state index in [-0.39, 0.29) is 5.97 Å². The summed E-state index contributed by atoms with van der Waals surface area (Å²) in [5.74, 6) is 0.516. The van der Waals surface area contributed by atoms with Gasteiger partial charge in [-0.05, 0) is 55.9 Å². The smallest absolute Gasteiger partial charge is 0.302 e. The number of ether oxygens (including phenoxy) is 1. The van der Waals surface area contributed by atoms with Crippen molar-refractivity contribution in [3.8, 4) is 11.5 Å². The molecule has 0 atom stereocenters. The van der Waals surface area contributed by atoms with E-state index in [0.29, 0.717) is 18.1 Å². The Kier molecular flexibility index (Phi) is 18.2. The number of carbonyl (C=O) groups is 1. The zero-order valence-corrected chi connectivity index (χ0v) is 20.0. The molecule has 4 heteroatoms. The molecule has 0 bridgehead atoms. The fourth-order valence-electron chi connectivity index (χ4n) is 3.46. The van der Waals surface area contributed by atoms with Gasteiger partial charge in [0.05, 0.1) is 6.61 Å². The minimum atomic E-state index is -0.211. The Labute approximate surface area is 185 Å². The summed E-state index contributed by atoms with van der Waals surface area (Å²) in [4.78, 5) is 9.82. The van der Waals surface area contributed by atoms with Gasteiger partial charge in [-0.3, -0.25) is 4.79 Å². The van der Waals surface area contributed by atoms with E-state index in [1.54, 1.807) is 19.1 Å². The summed E-state index contributed by atoms with van der Waals surface area (Å²) in [7, 11) is 0. The molecule has 30 heavy (non-hydrogen) atoms. The number of carbonyl (C=O) groups excluding carboxylic acids is 1. The lowest BCUT2D eigenvalue weighted by Gasteiger charge is -2.10. The van der Waals surface area contributed by atoms with Crippen molar-refractivity contribution in [1.29, 1.82) is 0 Å². The first-order chi connectivity index (χ1) is 14.5. The topological polar surface area (TPSA) is 66.8 Å². The van der Waals surface area contributed by atoms with Crippen molar-refractivity contribution in [2.24, 2.45) is 0 Å². The normalized spacial score (nSPS) is 10.4. The molecular weight excluding hydrogens is 376 g/mol. The summed E-state index contributed by atoms with van der Waals surface area (Å²) >= 11 is 0. The number of phenolic OH excluding ortho intramolecular Hbond substituents is 2. The van der Waals surface area contributed by atoms with Crippen LogP contribution in [0.15, 0.2) is 12.1 Å². The number of esters is 1. The first kappa shape index (κ1) is 28.3. The number of benzene rings is 1. The Morgan fingerprint density at radius 2 is 1.07 bits per heavy atom. The fourth-order valence-corrected chi connectivity index (χ4v) is 3.46. The number of hydrogen-bond donors (Lipinski definition) is 2. The average Bonchev–Trinajstić information content (AvgIpc) is 2.70. The highest BCUT2D eigenvalue weighted by Gasteiger charge is 2.08. The molecule has 0 aliphatic carbocycles. The number of hydrogen-bond acceptors (Lipinski definition) is 4. The molecule has 4 nitrogen and oxygen atoms in total. The van der Waals surface area contributed by atoms with E-state index < -0.39 is 0 Å². The minimum absolute atomic E-state index is 0.211. The highest BCUT2D eigenvalue weighted by Crippen LogP contribution is 2.30. The van der Waals surface area contributed by atoms with Crippen LogP contribution in [0.5, 0.6) is 11.5 Å². The third-order valence-electron chi connectivity index (χ3n) is 5.23. The van der Waals surface area contributed by atoms with E-state index >= 15 is 0 Å². The van der Waals surface area contributed by atoms with E-state index in [4.69, 9.17) is 0 Å². The van der Waals surface area contributed by atoms with Crippen LogP contribution in [0.1, 0.15) is 116 Å². The van der Waals surface area contributed by atoms with Crippen LogP contribution in [0.2, 0.25) is 0 Å². The van der Waals surface area contributed by atoms with Crippen molar-refractivity contribution in [2.45, 2.75) is 118 Å². The number of unbranched alkanes of at least 4 members (excludes halogenated alkanes) is 10. The van der Waals surface area contributed by atoms with E-state index in [1.807, 2.05) is 0 Å². The Hall–Kier alpha value is -1.71. The quantitative estimate of drug-likeness (QED) is 0.175. The van der Waals surface area contributed by atoms with E-state index in [1.165, 1.54) is 71.1 Å². The average molecular weight is 423 g/mol. The molecule has 0 spiro atoms. The Morgan fingerprint density at radius 1 is 0.700 bits per heavy atom. The maximum Gasteiger partial charge on any atom is 0.302 e. The summed E-state index contributed by atoms with van der Waals surface area (Å²) in [6, 6.07) is 3.57. The number of phenols is 2. The first-order valence-corrected chi connectivity index (χ1v) is 12.1. The fraction of sp³-hybridized carbons (Fsp3) is 0.731. The third-order valence-corrected chi connectivity index (χ3v) is 5.23. The van der Waals surface area contributed by atoms with Gasteiger partial charge in [-0.25, -0.2) is 0 Å². The van der Waals surface area contributed by atoms with Crippen molar-refractivity contribution in [2.75, 3.05) is 6.61 Å². The van der Waals surface area contributed by atoms with Crippen molar-refractivity contribution >= 4 is 5.97 Å². The molecule has 0 fully saturated rings. The van der Waals surface area contributed by atoms with E-state index in [9.17, 15) is 15.0 Å². The summed E-state index contributed by atoms with van der Waals surface area (Å²) in [5, 5.41) is 20.4. The van der Waals surface area contributed by atoms with Gasteiger partial charge in [0.15, 0.2) is 0 Å². The van der Waals surface area contributed by atoms with Crippen LogP contribution in [0.25, 0.3) is 0 Å². The van der Waals surface area contributed by atoms with Gasteiger partial charge < -0.3 is 14.9 Å². The third kappa shape index (κ3) is 15.2. The predicted octanol–water partition coefficient (Wildman–Crippen LogP) is 7.47. The Morgan fingerprint density at radius 3 is 1.37 bits per heavy atom. The minimum Gasteiger partial charge on any atom is -0.508 e. The SMILES string of the molecule is CCCCCCCCc1cc(O)c(CCCCCCCC)cc1O.CCOC(C)=O. The zero-order chi connectivity index (χ0) is 22.6. The summed E-state index contributed by atoms with van der Waals surface area (Å²) in [6.45, 7) is 8.11. The lowest BCUT2D eigenvalue weighted by Crippen LogP contribution is -1.95. The summed E-state index contributed by atoms with van der Waals surface area (Å²) < 4.78 is 4.40.